The number of piperidine rings is 1. The molecule has 4 heteroatoms. The van der Waals surface area contributed by atoms with Gasteiger partial charge in [-0.15, -0.1) is 11.3 Å². The van der Waals surface area contributed by atoms with Gasteiger partial charge in [0.05, 0.1) is 10.7 Å². The highest BCUT2D eigenvalue weighted by Crippen LogP contribution is 2.20. The van der Waals surface area contributed by atoms with E-state index in [0.717, 1.165) is 45.3 Å². The summed E-state index contributed by atoms with van der Waals surface area (Å²) in [6.07, 6.45) is 4.32. The van der Waals surface area contributed by atoms with Gasteiger partial charge < -0.3 is 5.11 Å². The summed E-state index contributed by atoms with van der Waals surface area (Å²) < 4.78 is 0. The fraction of sp³-hybridized carbons (Fsp3) is 0.500. The summed E-state index contributed by atoms with van der Waals surface area (Å²) in [4.78, 5) is 7.25. The van der Waals surface area contributed by atoms with Crippen LogP contribution in [0.3, 0.4) is 0 Å². The zero-order valence-electron chi connectivity index (χ0n) is 12.9. The van der Waals surface area contributed by atoms with Crippen molar-refractivity contribution < 1.29 is 5.11 Å². The van der Waals surface area contributed by atoms with Crippen LogP contribution in [0.2, 0.25) is 0 Å². The van der Waals surface area contributed by atoms with Crippen molar-refractivity contribution >= 4 is 11.3 Å². The molecule has 0 amide bonds. The lowest BCUT2D eigenvalue weighted by atomic mass is 9.98. The van der Waals surface area contributed by atoms with Crippen molar-refractivity contribution in [1.29, 1.82) is 0 Å². The zero-order chi connectivity index (χ0) is 15.2. The van der Waals surface area contributed by atoms with Crippen LogP contribution in [-0.4, -0.2) is 34.7 Å². The fourth-order valence-corrected chi connectivity index (χ4v) is 3.78. The maximum Gasteiger partial charge on any atom is 0.0932 e. The summed E-state index contributed by atoms with van der Waals surface area (Å²) in [6, 6.07) is 10.6. The van der Waals surface area contributed by atoms with Gasteiger partial charge in [-0.05, 0) is 43.8 Å². The molecule has 0 unspecified atom stereocenters. The van der Waals surface area contributed by atoms with Crippen molar-refractivity contribution in [2.75, 3.05) is 19.7 Å². The minimum Gasteiger partial charge on any atom is -0.396 e. The molecule has 22 heavy (non-hydrogen) atoms. The molecule has 1 fully saturated rings. The van der Waals surface area contributed by atoms with Gasteiger partial charge in [0.2, 0.25) is 0 Å². The Kier molecular flexibility index (Phi) is 5.59. The minimum atomic E-state index is 0.341. The van der Waals surface area contributed by atoms with Gasteiger partial charge >= 0.3 is 0 Å². The summed E-state index contributed by atoms with van der Waals surface area (Å²) in [5.74, 6) is 0.508. The molecule has 1 N–H and O–H groups in total. The third-order valence-electron chi connectivity index (χ3n) is 4.42. The molecule has 1 aromatic carbocycles. The van der Waals surface area contributed by atoms with E-state index >= 15 is 0 Å². The van der Waals surface area contributed by atoms with Crippen LogP contribution in [0.15, 0.2) is 35.7 Å². The number of hydrogen-bond acceptors (Lipinski definition) is 4. The van der Waals surface area contributed by atoms with Gasteiger partial charge in [0.1, 0.15) is 0 Å². The van der Waals surface area contributed by atoms with E-state index in [0.29, 0.717) is 12.5 Å². The number of benzene rings is 1. The number of aliphatic hydroxyl groups is 1. The van der Waals surface area contributed by atoms with E-state index in [9.17, 15) is 5.11 Å². The monoisotopic (exact) mass is 316 g/mol. The van der Waals surface area contributed by atoms with Crippen molar-refractivity contribution in [2.24, 2.45) is 5.92 Å². The molecule has 0 radical (unpaired) electrons. The SMILES string of the molecule is OCC1CCN(Cc2csc(CCc3ccccc3)n2)CC1. The standard InChI is InChI=1S/C18H24N2OS/c21-13-16-8-10-20(11-9-16)12-17-14-22-18(19-17)7-6-15-4-2-1-3-5-15/h1-5,14,16,21H,6-13H2. The zero-order valence-corrected chi connectivity index (χ0v) is 13.8. The van der Waals surface area contributed by atoms with Gasteiger partial charge in [-0.2, -0.15) is 0 Å². The molecule has 1 saturated heterocycles. The summed E-state index contributed by atoms with van der Waals surface area (Å²) in [5.41, 5.74) is 2.58. The van der Waals surface area contributed by atoms with E-state index in [1.54, 1.807) is 11.3 Å². The lowest BCUT2D eigenvalue weighted by Gasteiger charge is -2.30. The largest absolute Gasteiger partial charge is 0.396 e. The van der Waals surface area contributed by atoms with Crippen molar-refractivity contribution in [1.82, 2.24) is 9.88 Å². The number of aromatic nitrogens is 1. The molecule has 1 aromatic heterocycles. The molecule has 2 aromatic rings. The lowest BCUT2D eigenvalue weighted by Crippen LogP contribution is -2.34. The number of hydrogen-bond donors (Lipinski definition) is 1. The number of nitrogens with zero attached hydrogens (tertiary/aromatic N) is 2. The second kappa shape index (κ2) is 7.86. The topological polar surface area (TPSA) is 36.4 Å². The first-order valence-electron chi connectivity index (χ1n) is 8.14. The summed E-state index contributed by atoms with van der Waals surface area (Å²) >= 11 is 1.78. The van der Waals surface area contributed by atoms with E-state index in [-0.39, 0.29) is 0 Å². The predicted molar refractivity (Wildman–Crippen MR) is 91.1 cm³/mol. The lowest BCUT2D eigenvalue weighted by molar-refractivity contribution is 0.126. The van der Waals surface area contributed by atoms with Crippen LogP contribution >= 0.6 is 11.3 Å². The number of rotatable bonds is 6. The molecule has 3 rings (SSSR count). The van der Waals surface area contributed by atoms with Crippen molar-refractivity contribution in [2.45, 2.75) is 32.2 Å². The highest BCUT2D eigenvalue weighted by Gasteiger charge is 2.19. The third kappa shape index (κ3) is 4.38. The van der Waals surface area contributed by atoms with Crippen LogP contribution in [0.4, 0.5) is 0 Å². The molecular formula is C18H24N2OS. The third-order valence-corrected chi connectivity index (χ3v) is 5.38. The Bertz CT molecular complexity index is 561. The summed E-state index contributed by atoms with van der Waals surface area (Å²) in [5, 5.41) is 12.6. The number of aryl methyl sites for hydroxylation is 2. The van der Waals surface area contributed by atoms with E-state index in [2.05, 4.69) is 40.6 Å². The highest BCUT2D eigenvalue weighted by molar-refractivity contribution is 7.09. The van der Waals surface area contributed by atoms with Gasteiger partial charge in [0.15, 0.2) is 0 Å². The Balaban J connectivity index is 1.47. The summed E-state index contributed by atoms with van der Waals surface area (Å²) in [7, 11) is 0. The molecule has 0 saturated carbocycles. The van der Waals surface area contributed by atoms with E-state index in [1.807, 2.05) is 0 Å². The van der Waals surface area contributed by atoms with Crippen LogP contribution < -0.4 is 0 Å². The van der Waals surface area contributed by atoms with Crippen LogP contribution in [0.1, 0.15) is 29.1 Å². The first kappa shape index (κ1) is 15.7. The molecule has 1 aliphatic rings. The van der Waals surface area contributed by atoms with Crippen LogP contribution in [-0.2, 0) is 19.4 Å². The fourth-order valence-electron chi connectivity index (χ4n) is 2.99. The Morgan fingerprint density at radius 3 is 2.64 bits per heavy atom. The molecule has 0 aliphatic carbocycles. The molecule has 0 atom stereocenters. The molecule has 1 aliphatic heterocycles. The maximum absolute atomic E-state index is 9.19. The van der Waals surface area contributed by atoms with Crippen LogP contribution in [0.5, 0.6) is 0 Å². The van der Waals surface area contributed by atoms with Crippen molar-refractivity contribution in [3.8, 4) is 0 Å². The number of likely N-dealkylation sites (tertiary alicyclic amines) is 1. The predicted octanol–water partition coefficient (Wildman–Crippen LogP) is 3.13. The smallest absolute Gasteiger partial charge is 0.0932 e. The molecule has 0 spiro atoms. The molecule has 2 heterocycles. The van der Waals surface area contributed by atoms with E-state index in [1.165, 1.54) is 16.3 Å². The number of aliphatic hydroxyl groups excluding tert-OH is 1. The van der Waals surface area contributed by atoms with Crippen molar-refractivity contribution in [3.63, 3.8) is 0 Å². The van der Waals surface area contributed by atoms with Gasteiger partial charge in [-0.1, -0.05) is 30.3 Å². The van der Waals surface area contributed by atoms with Crippen LogP contribution in [0, 0.1) is 5.92 Å². The maximum atomic E-state index is 9.19. The van der Waals surface area contributed by atoms with Gasteiger partial charge in [-0.25, -0.2) is 4.98 Å². The molecule has 0 bridgehead atoms. The van der Waals surface area contributed by atoms with Gasteiger partial charge in [-0.3, -0.25) is 4.90 Å². The first-order chi connectivity index (χ1) is 10.8. The Morgan fingerprint density at radius 2 is 1.91 bits per heavy atom. The van der Waals surface area contributed by atoms with Crippen molar-refractivity contribution in [3.05, 3.63) is 52.0 Å². The Morgan fingerprint density at radius 1 is 1.14 bits per heavy atom. The van der Waals surface area contributed by atoms with Gasteiger partial charge in [0, 0.05) is 25.0 Å². The average Bonchev–Trinajstić information content (AvgIpc) is 3.02. The average molecular weight is 316 g/mol. The van der Waals surface area contributed by atoms with Gasteiger partial charge in [0.25, 0.3) is 0 Å². The van der Waals surface area contributed by atoms with E-state index < -0.39 is 0 Å². The normalized spacial score (nSPS) is 17.0. The second-order valence-electron chi connectivity index (χ2n) is 6.12. The first-order valence-corrected chi connectivity index (χ1v) is 9.02. The minimum absolute atomic E-state index is 0.341. The Hall–Kier alpha value is -1.23. The summed E-state index contributed by atoms with van der Waals surface area (Å²) in [6.45, 7) is 3.47. The highest BCUT2D eigenvalue weighted by atomic mass is 32.1. The Labute approximate surface area is 136 Å². The molecule has 3 nitrogen and oxygen atoms in total. The van der Waals surface area contributed by atoms with Crippen LogP contribution in [0.25, 0.3) is 0 Å². The second-order valence-corrected chi connectivity index (χ2v) is 7.06. The van der Waals surface area contributed by atoms with E-state index in [4.69, 9.17) is 4.98 Å². The molecule has 118 valence electrons. The molecular weight excluding hydrogens is 292 g/mol. The number of thiazole rings is 1. The quantitative estimate of drug-likeness (QED) is 0.889.